The number of carbonyl (C=O) groups is 2. The predicted molar refractivity (Wildman–Crippen MR) is 67.4 cm³/mol. The molecule has 0 bridgehead atoms. The summed E-state index contributed by atoms with van der Waals surface area (Å²) >= 11 is 0. The summed E-state index contributed by atoms with van der Waals surface area (Å²) in [5.74, 6) is -0.0666. The van der Waals surface area contributed by atoms with E-state index in [1.165, 1.54) is 6.08 Å². The highest BCUT2D eigenvalue weighted by molar-refractivity contribution is 5.93. The summed E-state index contributed by atoms with van der Waals surface area (Å²) in [6.07, 6.45) is 2.16. The van der Waals surface area contributed by atoms with Crippen LogP contribution < -0.4 is 12.4 Å². The SMILES string of the molecule is C=CC(=O)C(c1ccccc1)[N+](C)(C)CC=O.[Cl-]. The molecule has 0 heterocycles. The van der Waals surface area contributed by atoms with E-state index in [2.05, 4.69) is 6.58 Å². The van der Waals surface area contributed by atoms with E-state index >= 15 is 0 Å². The molecular weight excluding hydrogens is 250 g/mol. The Bertz CT molecular complexity index is 415. The zero-order valence-corrected chi connectivity index (χ0v) is 11.4. The number of ketones is 1. The summed E-state index contributed by atoms with van der Waals surface area (Å²) in [4.78, 5) is 22.7. The molecule has 0 amide bonds. The molecular formula is C14H18ClNO2. The minimum atomic E-state index is -0.376. The molecule has 0 radical (unpaired) electrons. The lowest BCUT2D eigenvalue weighted by Crippen LogP contribution is -3.00. The number of nitrogens with zero attached hydrogens (tertiary/aromatic N) is 1. The van der Waals surface area contributed by atoms with Gasteiger partial charge in [-0.15, -0.1) is 0 Å². The monoisotopic (exact) mass is 267 g/mol. The van der Waals surface area contributed by atoms with Gasteiger partial charge in [0.05, 0.1) is 14.1 Å². The minimum absolute atomic E-state index is 0. The van der Waals surface area contributed by atoms with E-state index in [0.29, 0.717) is 11.0 Å². The van der Waals surface area contributed by atoms with Crippen molar-refractivity contribution in [2.75, 3.05) is 20.6 Å². The molecule has 98 valence electrons. The zero-order valence-electron chi connectivity index (χ0n) is 10.7. The van der Waals surface area contributed by atoms with Crippen LogP contribution in [0.25, 0.3) is 0 Å². The Labute approximate surface area is 114 Å². The first-order chi connectivity index (χ1) is 8.03. The van der Waals surface area contributed by atoms with Gasteiger partial charge >= 0.3 is 0 Å². The van der Waals surface area contributed by atoms with Gasteiger partial charge in [-0.2, -0.15) is 0 Å². The van der Waals surface area contributed by atoms with Crippen molar-refractivity contribution in [3.8, 4) is 0 Å². The van der Waals surface area contributed by atoms with Crippen LogP contribution in [0.2, 0.25) is 0 Å². The molecule has 0 aliphatic carbocycles. The third kappa shape index (κ3) is 3.79. The van der Waals surface area contributed by atoms with Gasteiger partial charge in [-0.3, -0.25) is 9.59 Å². The molecule has 1 unspecified atom stereocenters. The molecule has 0 spiro atoms. The Morgan fingerprint density at radius 2 is 1.89 bits per heavy atom. The Kier molecular flexibility index (Phi) is 6.52. The molecule has 1 rings (SSSR count). The van der Waals surface area contributed by atoms with Gasteiger partial charge in [0.1, 0.15) is 6.54 Å². The zero-order chi connectivity index (χ0) is 12.9. The molecule has 0 aliphatic heterocycles. The maximum atomic E-state index is 12.0. The lowest BCUT2D eigenvalue weighted by atomic mass is 9.99. The number of halogens is 1. The van der Waals surface area contributed by atoms with E-state index in [1.807, 2.05) is 44.4 Å². The summed E-state index contributed by atoms with van der Waals surface area (Å²) < 4.78 is 0.304. The topological polar surface area (TPSA) is 34.1 Å². The molecule has 0 N–H and O–H groups in total. The van der Waals surface area contributed by atoms with Gasteiger partial charge in [-0.25, -0.2) is 0 Å². The van der Waals surface area contributed by atoms with Crippen molar-refractivity contribution in [3.63, 3.8) is 0 Å². The van der Waals surface area contributed by atoms with E-state index < -0.39 is 0 Å². The highest BCUT2D eigenvalue weighted by Gasteiger charge is 2.34. The second kappa shape index (κ2) is 7.09. The Morgan fingerprint density at radius 3 is 2.33 bits per heavy atom. The van der Waals surface area contributed by atoms with E-state index in [-0.39, 0.29) is 24.2 Å². The highest BCUT2D eigenvalue weighted by atomic mass is 35.5. The van der Waals surface area contributed by atoms with Gasteiger partial charge in [0.15, 0.2) is 12.3 Å². The van der Waals surface area contributed by atoms with Crippen LogP contribution in [0, 0.1) is 0 Å². The number of quaternary nitrogens is 1. The second-order valence-electron chi connectivity index (χ2n) is 4.55. The van der Waals surface area contributed by atoms with Crippen molar-refractivity contribution in [3.05, 3.63) is 48.6 Å². The molecule has 1 aromatic carbocycles. The van der Waals surface area contributed by atoms with Crippen LogP contribution in [-0.2, 0) is 9.59 Å². The fourth-order valence-corrected chi connectivity index (χ4v) is 1.96. The number of benzene rings is 1. The quantitative estimate of drug-likeness (QED) is 0.367. The molecule has 0 aromatic heterocycles. The molecule has 0 aliphatic rings. The van der Waals surface area contributed by atoms with Gasteiger partial charge in [-0.1, -0.05) is 36.9 Å². The van der Waals surface area contributed by atoms with E-state index in [1.54, 1.807) is 0 Å². The predicted octanol–water partition coefficient (Wildman–Crippen LogP) is -1.24. The number of carbonyl (C=O) groups excluding carboxylic acids is 2. The molecule has 0 saturated carbocycles. The van der Waals surface area contributed by atoms with Crippen molar-refractivity contribution in [2.24, 2.45) is 0 Å². The number of hydrogen-bond donors (Lipinski definition) is 0. The van der Waals surface area contributed by atoms with Gasteiger partial charge < -0.3 is 16.9 Å². The van der Waals surface area contributed by atoms with Crippen molar-refractivity contribution < 1.29 is 26.5 Å². The van der Waals surface area contributed by atoms with Crippen molar-refractivity contribution in [1.82, 2.24) is 0 Å². The highest BCUT2D eigenvalue weighted by Crippen LogP contribution is 2.25. The van der Waals surface area contributed by atoms with Gasteiger partial charge in [0.25, 0.3) is 0 Å². The smallest absolute Gasteiger partial charge is 0.217 e. The van der Waals surface area contributed by atoms with E-state index in [4.69, 9.17) is 0 Å². The summed E-state index contributed by atoms with van der Waals surface area (Å²) in [5.41, 5.74) is 0.907. The standard InChI is InChI=1S/C14H18NO2.ClH/c1-4-13(17)14(15(2,3)10-11-16)12-8-6-5-7-9-12;/h4-9,11,14H,1,10H2,2-3H3;1H/q+1;/p-1. The molecule has 3 nitrogen and oxygen atoms in total. The third-order valence-corrected chi connectivity index (χ3v) is 2.83. The lowest BCUT2D eigenvalue weighted by Gasteiger charge is -2.35. The molecule has 0 fully saturated rings. The number of hydrogen-bond acceptors (Lipinski definition) is 2. The normalized spacial score (nSPS) is 12.1. The van der Waals surface area contributed by atoms with Crippen LogP contribution in [-0.4, -0.2) is 37.2 Å². The first kappa shape index (κ1) is 16.6. The molecule has 1 aromatic rings. The fraction of sp³-hybridized carbons (Fsp3) is 0.286. The largest absolute Gasteiger partial charge is 1.00 e. The maximum Gasteiger partial charge on any atom is 0.217 e. The molecule has 18 heavy (non-hydrogen) atoms. The minimum Gasteiger partial charge on any atom is -1.00 e. The van der Waals surface area contributed by atoms with Crippen molar-refractivity contribution in [1.29, 1.82) is 0 Å². The molecule has 4 heteroatoms. The first-order valence-electron chi connectivity index (χ1n) is 5.50. The number of aldehydes is 1. The van der Waals surface area contributed by atoms with Crippen molar-refractivity contribution >= 4 is 12.1 Å². The van der Waals surface area contributed by atoms with Crippen LogP contribution in [0.5, 0.6) is 0 Å². The van der Waals surface area contributed by atoms with Crippen LogP contribution in [0.1, 0.15) is 11.6 Å². The van der Waals surface area contributed by atoms with Crippen LogP contribution in [0.3, 0.4) is 0 Å². The molecule has 1 atom stereocenters. The second-order valence-corrected chi connectivity index (χ2v) is 4.55. The van der Waals surface area contributed by atoms with E-state index in [0.717, 1.165) is 11.8 Å². The third-order valence-electron chi connectivity index (χ3n) is 2.83. The Hall–Kier alpha value is -1.45. The maximum absolute atomic E-state index is 12.0. The number of rotatable bonds is 6. The fourth-order valence-electron chi connectivity index (χ4n) is 1.96. The van der Waals surface area contributed by atoms with E-state index in [9.17, 15) is 9.59 Å². The van der Waals surface area contributed by atoms with Crippen LogP contribution in [0.4, 0.5) is 0 Å². The summed E-state index contributed by atoms with van der Waals surface area (Å²) in [5, 5.41) is 0. The average Bonchev–Trinajstić information content (AvgIpc) is 2.30. The summed E-state index contributed by atoms with van der Waals surface area (Å²) in [6, 6.07) is 9.10. The van der Waals surface area contributed by atoms with Gasteiger partial charge in [0, 0.05) is 5.56 Å². The number of likely N-dealkylation sites (N-methyl/N-ethyl adjacent to an activating group) is 1. The van der Waals surface area contributed by atoms with Crippen LogP contribution >= 0.6 is 0 Å². The lowest BCUT2D eigenvalue weighted by molar-refractivity contribution is -0.902. The van der Waals surface area contributed by atoms with Gasteiger partial charge in [-0.05, 0) is 6.08 Å². The molecule has 0 saturated heterocycles. The van der Waals surface area contributed by atoms with Gasteiger partial charge in [0.2, 0.25) is 5.78 Å². The summed E-state index contributed by atoms with van der Waals surface area (Å²) in [7, 11) is 3.74. The Balaban J connectivity index is 0.00000289. The summed E-state index contributed by atoms with van der Waals surface area (Å²) in [6.45, 7) is 3.82. The van der Waals surface area contributed by atoms with Crippen molar-refractivity contribution in [2.45, 2.75) is 6.04 Å². The average molecular weight is 268 g/mol. The Morgan fingerprint density at radius 1 is 1.33 bits per heavy atom. The van der Waals surface area contributed by atoms with Crippen LogP contribution in [0.15, 0.2) is 43.0 Å². The first-order valence-corrected chi connectivity index (χ1v) is 5.50.